The molecular weight excluding hydrogens is 334 g/mol. The van der Waals surface area contributed by atoms with Crippen molar-refractivity contribution in [3.63, 3.8) is 0 Å². The molecule has 0 saturated heterocycles. The SMILES string of the molecule is Nn1c(SCc2ncc(-c3ccccc3)o2)nnc1-c1ccccc1. The molecule has 0 amide bonds. The third-order valence-corrected chi connectivity index (χ3v) is 4.56. The van der Waals surface area contributed by atoms with Gasteiger partial charge in [-0.3, -0.25) is 0 Å². The molecule has 0 atom stereocenters. The van der Waals surface area contributed by atoms with Crippen molar-refractivity contribution in [2.24, 2.45) is 0 Å². The van der Waals surface area contributed by atoms with E-state index in [0.29, 0.717) is 22.6 Å². The van der Waals surface area contributed by atoms with Gasteiger partial charge in [-0.05, 0) is 0 Å². The predicted octanol–water partition coefficient (Wildman–Crippen LogP) is 3.61. The average Bonchev–Trinajstić information content (AvgIpc) is 3.28. The molecule has 25 heavy (non-hydrogen) atoms. The maximum Gasteiger partial charge on any atom is 0.210 e. The summed E-state index contributed by atoms with van der Waals surface area (Å²) in [5.41, 5.74) is 1.92. The van der Waals surface area contributed by atoms with Gasteiger partial charge >= 0.3 is 0 Å². The molecule has 0 unspecified atom stereocenters. The van der Waals surface area contributed by atoms with Crippen molar-refractivity contribution in [3.8, 4) is 22.7 Å². The Labute approximate surface area is 148 Å². The van der Waals surface area contributed by atoms with E-state index in [1.54, 1.807) is 6.20 Å². The molecule has 0 aliphatic carbocycles. The number of hydrogen-bond donors (Lipinski definition) is 1. The number of rotatable bonds is 5. The maximum absolute atomic E-state index is 6.12. The van der Waals surface area contributed by atoms with E-state index in [9.17, 15) is 0 Å². The van der Waals surface area contributed by atoms with Crippen molar-refractivity contribution in [3.05, 3.63) is 72.8 Å². The molecule has 7 heteroatoms. The summed E-state index contributed by atoms with van der Waals surface area (Å²) in [5, 5.41) is 8.93. The number of thioether (sulfide) groups is 1. The molecule has 0 bridgehead atoms. The minimum absolute atomic E-state index is 0.525. The lowest BCUT2D eigenvalue weighted by molar-refractivity contribution is 0.529. The second-order valence-electron chi connectivity index (χ2n) is 5.32. The Morgan fingerprint density at radius 1 is 0.920 bits per heavy atom. The molecule has 0 fully saturated rings. The summed E-state index contributed by atoms with van der Waals surface area (Å²) in [7, 11) is 0. The van der Waals surface area contributed by atoms with Crippen molar-refractivity contribution in [2.45, 2.75) is 10.9 Å². The summed E-state index contributed by atoms with van der Waals surface area (Å²) < 4.78 is 7.28. The van der Waals surface area contributed by atoms with Gasteiger partial charge in [-0.25, -0.2) is 9.66 Å². The van der Waals surface area contributed by atoms with Gasteiger partial charge in [-0.2, -0.15) is 0 Å². The van der Waals surface area contributed by atoms with Crippen LogP contribution in [-0.2, 0) is 5.75 Å². The van der Waals surface area contributed by atoms with Gasteiger partial charge in [0.05, 0.1) is 11.9 Å². The van der Waals surface area contributed by atoms with E-state index in [4.69, 9.17) is 10.3 Å². The highest BCUT2D eigenvalue weighted by Crippen LogP contribution is 2.26. The zero-order chi connectivity index (χ0) is 17.1. The summed E-state index contributed by atoms with van der Waals surface area (Å²) in [5.74, 6) is 8.63. The van der Waals surface area contributed by atoms with E-state index in [1.165, 1.54) is 16.4 Å². The van der Waals surface area contributed by atoms with Crippen LogP contribution in [0.4, 0.5) is 0 Å². The molecule has 2 aromatic heterocycles. The monoisotopic (exact) mass is 349 g/mol. The minimum Gasteiger partial charge on any atom is -0.440 e. The molecule has 0 spiro atoms. The summed E-state index contributed by atoms with van der Waals surface area (Å²) in [6.07, 6.45) is 1.73. The minimum atomic E-state index is 0.525. The number of hydrogen-bond acceptors (Lipinski definition) is 6. The molecule has 6 nitrogen and oxygen atoms in total. The predicted molar refractivity (Wildman–Crippen MR) is 97.1 cm³/mol. The number of nitrogen functional groups attached to an aromatic ring is 1. The van der Waals surface area contributed by atoms with Crippen LogP contribution in [0, 0.1) is 0 Å². The summed E-state index contributed by atoms with van der Waals surface area (Å²) in [6, 6.07) is 19.6. The average molecular weight is 349 g/mol. The zero-order valence-electron chi connectivity index (χ0n) is 13.2. The van der Waals surface area contributed by atoms with Crippen LogP contribution < -0.4 is 5.84 Å². The number of aromatic nitrogens is 4. The lowest BCUT2D eigenvalue weighted by Crippen LogP contribution is -2.11. The molecule has 124 valence electrons. The molecule has 0 aliphatic rings. The van der Waals surface area contributed by atoms with Crippen LogP contribution in [0.2, 0.25) is 0 Å². The van der Waals surface area contributed by atoms with Crippen molar-refractivity contribution in [1.82, 2.24) is 19.9 Å². The zero-order valence-corrected chi connectivity index (χ0v) is 14.1. The smallest absolute Gasteiger partial charge is 0.210 e. The van der Waals surface area contributed by atoms with Crippen LogP contribution in [0.25, 0.3) is 22.7 Å². The highest BCUT2D eigenvalue weighted by molar-refractivity contribution is 7.98. The highest BCUT2D eigenvalue weighted by atomic mass is 32.2. The van der Waals surface area contributed by atoms with E-state index in [0.717, 1.165) is 16.9 Å². The molecule has 2 aromatic carbocycles. The first-order valence-corrected chi connectivity index (χ1v) is 8.68. The summed E-state index contributed by atoms with van der Waals surface area (Å²) in [6.45, 7) is 0. The number of nitrogens with two attached hydrogens (primary N) is 1. The third kappa shape index (κ3) is 3.27. The van der Waals surface area contributed by atoms with Crippen molar-refractivity contribution < 1.29 is 4.42 Å². The molecule has 4 rings (SSSR count). The Hall–Kier alpha value is -3.06. The Balaban J connectivity index is 1.48. The van der Waals surface area contributed by atoms with Crippen molar-refractivity contribution in [2.75, 3.05) is 5.84 Å². The van der Waals surface area contributed by atoms with Crippen LogP contribution in [0.3, 0.4) is 0 Å². The lowest BCUT2D eigenvalue weighted by atomic mass is 10.2. The summed E-state index contributed by atoms with van der Waals surface area (Å²) >= 11 is 1.43. The first kappa shape index (κ1) is 15.5. The molecule has 0 radical (unpaired) electrons. The van der Waals surface area contributed by atoms with Crippen LogP contribution in [0.15, 0.2) is 76.4 Å². The molecule has 0 saturated carbocycles. The Morgan fingerprint density at radius 2 is 1.60 bits per heavy atom. The normalized spacial score (nSPS) is 10.9. The number of oxazole rings is 1. The number of benzene rings is 2. The van der Waals surface area contributed by atoms with Crippen LogP contribution in [0.1, 0.15) is 5.89 Å². The third-order valence-electron chi connectivity index (χ3n) is 3.63. The standard InChI is InChI=1S/C18H15N5OS/c19-23-17(14-9-5-2-6-10-14)21-22-18(23)25-12-16-20-11-15(24-16)13-7-3-1-4-8-13/h1-11H,12,19H2. The molecular formula is C18H15N5OS. The van der Waals surface area contributed by atoms with E-state index < -0.39 is 0 Å². The second-order valence-corrected chi connectivity index (χ2v) is 6.26. The Kier molecular flexibility index (Phi) is 4.22. The van der Waals surface area contributed by atoms with Gasteiger partial charge in [0, 0.05) is 11.1 Å². The molecule has 2 heterocycles. The van der Waals surface area contributed by atoms with Gasteiger partial charge in [0.25, 0.3) is 0 Å². The van der Waals surface area contributed by atoms with Crippen LogP contribution in [-0.4, -0.2) is 19.9 Å². The number of nitrogens with zero attached hydrogens (tertiary/aromatic N) is 4. The largest absolute Gasteiger partial charge is 0.440 e. The van der Waals surface area contributed by atoms with Crippen LogP contribution >= 0.6 is 11.8 Å². The fourth-order valence-electron chi connectivity index (χ4n) is 2.40. The fraction of sp³-hybridized carbons (Fsp3) is 0.0556. The molecule has 2 N–H and O–H groups in total. The molecule has 0 aliphatic heterocycles. The van der Waals surface area contributed by atoms with E-state index in [1.807, 2.05) is 60.7 Å². The van der Waals surface area contributed by atoms with Gasteiger partial charge in [0.15, 0.2) is 11.6 Å². The van der Waals surface area contributed by atoms with E-state index in [-0.39, 0.29) is 0 Å². The Bertz CT molecular complexity index is 966. The topological polar surface area (TPSA) is 82.8 Å². The van der Waals surface area contributed by atoms with Gasteiger partial charge < -0.3 is 10.3 Å². The van der Waals surface area contributed by atoms with Crippen molar-refractivity contribution in [1.29, 1.82) is 0 Å². The highest BCUT2D eigenvalue weighted by Gasteiger charge is 2.13. The fourth-order valence-corrected chi connectivity index (χ4v) is 3.11. The lowest BCUT2D eigenvalue weighted by Gasteiger charge is -2.02. The first-order valence-electron chi connectivity index (χ1n) is 7.70. The van der Waals surface area contributed by atoms with Crippen molar-refractivity contribution >= 4 is 11.8 Å². The van der Waals surface area contributed by atoms with Gasteiger partial charge in [0.2, 0.25) is 11.0 Å². The van der Waals surface area contributed by atoms with E-state index >= 15 is 0 Å². The maximum atomic E-state index is 6.12. The quantitative estimate of drug-likeness (QED) is 0.438. The van der Waals surface area contributed by atoms with Gasteiger partial charge in [-0.15, -0.1) is 10.2 Å². The summed E-state index contributed by atoms with van der Waals surface area (Å²) in [4.78, 5) is 4.32. The molecule has 4 aromatic rings. The second kappa shape index (κ2) is 6.82. The van der Waals surface area contributed by atoms with E-state index in [2.05, 4.69) is 15.2 Å². The Morgan fingerprint density at radius 3 is 2.32 bits per heavy atom. The van der Waals surface area contributed by atoms with Crippen LogP contribution in [0.5, 0.6) is 0 Å². The van der Waals surface area contributed by atoms with Gasteiger partial charge in [0.1, 0.15) is 0 Å². The first-order chi connectivity index (χ1) is 12.3. The van der Waals surface area contributed by atoms with Gasteiger partial charge in [-0.1, -0.05) is 72.4 Å².